The Hall–Kier alpha value is -1.65. The van der Waals surface area contributed by atoms with E-state index in [1.807, 2.05) is 37.3 Å². The van der Waals surface area contributed by atoms with E-state index in [1.54, 1.807) is 6.26 Å². The number of hydrogen-bond acceptors (Lipinski definition) is 5. The van der Waals surface area contributed by atoms with Crippen LogP contribution in [-0.4, -0.2) is 48.0 Å². The molecule has 0 radical (unpaired) electrons. The van der Waals surface area contributed by atoms with Crippen molar-refractivity contribution in [2.75, 3.05) is 26.3 Å². The molecule has 27 heavy (non-hydrogen) atoms. The zero-order chi connectivity index (χ0) is 18.2. The van der Waals surface area contributed by atoms with E-state index in [2.05, 4.69) is 20.6 Å². The van der Waals surface area contributed by atoms with E-state index in [4.69, 9.17) is 9.15 Å². The standard InChI is InChI=1S/C19H26N4O3.HI/c1-2-20-18(22-14-19(24)8-10-25-11-9-19)21-12-16-13-26-17(23-16)15-6-4-3-5-7-15;/h3-7,13,24H,2,8-12,14H2,1H3,(H2,20,21,22);1H. The zero-order valence-electron chi connectivity index (χ0n) is 15.5. The lowest BCUT2D eigenvalue weighted by molar-refractivity contribution is -0.0594. The second kappa shape index (κ2) is 10.6. The van der Waals surface area contributed by atoms with E-state index in [0.717, 1.165) is 17.8 Å². The Morgan fingerprint density at radius 1 is 1.22 bits per heavy atom. The van der Waals surface area contributed by atoms with Gasteiger partial charge >= 0.3 is 0 Å². The average molecular weight is 486 g/mol. The van der Waals surface area contributed by atoms with Crippen molar-refractivity contribution < 1.29 is 14.3 Å². The fourth-order valence-corrected chi connectivity index (χ4v) is 2.77. The number of oxazole rings is 1. The van der Waals surface area contributed by atoms with Crippen LogP contribution in [0, 0.1) is 0 Å². The van der Waals surface area contributed by atoms with Crippen LogP contribution in [0.1, 0.15) is 25.5 Å². The average Bonchev–Trinajstić information content (AvgIpc) is 3.14. The van der Waals surface area contributed by atoms with Crippen molar-refractivity contribution in [2.45, 2.75) is 31.9 Å². The summed E-state index contributed by atoms with van der Waals surface area (Å²) < 4.78 is 10.9. The first-order valence-electron chi connectivity index (χ1n) is 9.01. The molecule has 8 heteroatoms. The van der Waals surface area contributed by atoms with E-state index in [0.29, 0.717) is 51.0 Å². The summed E-state index contributed by atoms with van der Waals surface area (Å²) in [6.45, 7) is 4.76. The zero-order valence-corrected chi connectivity index (χ0v) is 17.8. The molecule has 2 heterocycles. The first-order valence-corrected chi connectivity index (χ1v) is 9.01. The van der Waals surface area contributed by atoms with Crippen molar-refractivity contribution in [2.24, 2.45) is 4.99 Å². The minimum absolute atomic E-state index is 0. The van der Waals surface area contributed by atoms with Crippen molar-refractivity contribution in [1.29, 1.82) is 0 Å². The molecule has 1 aromatic carbocycles. The second-order valence-electron chi connectivity index (χ2n) is 6.40. The topological polar surface area (TPSA) is 91.9 Å². The highest BCUT2D eigenvalue weighted by atomic mass is 127. The van der Waals surface area contributed by atoms with Gasteiger partial charge in [0, 0.05) is 44.7 Å². The van der Waals surface area contributed by atoms with Gasteiger partial charge in [0.2, 0.25) is 5.89 Å². The lowest BCUT2D eigenvalue weighted by Gasteiger charge is -2.32. The molecule has 0 unspecified atom stereocenters. The molecule has 0 atom stereocenters. The summed E-state index contributed by atoms with van der Waals surface area (Å²) in [5, 5.41) is 17.0. The highest BCUT2D eigenvalue weighted by molar-refractivity contribution is 14.0. The van der Waals surface area contributed by atoms with E-state index in [9.17, 15) is 5.11 Å². The second-order valence-corrected chi connectivity index (χ2v) is 6.40. The van der Waals surface area contributed by atoms with Gasteiger partial charge in [0.15, 0.2) is 5.96 Å². The number of hydrogen-bond donors (Lipinski definition) is 3. The Balaban J connectivity index is 0.00000261. The summed E-state index contributed by atoms with van der Waals surface area (Å²) in [5.74, 6) is 1.24. The van der Waals surface area contributed by atoms with Gasteiger partial charge in [-0.3, -0.25) is 0 Å². The molecule has 3 N–H and O–H groups in total. The highest BCUT2D eigenvalue weighted by Crippen LogP contribution is 2.19. The molecule has 1 aliphatic rings. The number of aromatic nitrogens is 1. The molecule has 0 amide bonds. The summed E-state index contributed by atoms with van der Waals surface area (Å²) in [7, 11) is 0. The Bertz CT molecular complexity index is 715. The van der Waals surface area contributed by atoms with E-state index < -0.39 is 5.60 Å². The Labute approximate surface area is 176 Å². The van der Waals surface area contributed by atoms with Crippen LogP contribution in [0.2, 0.25) is 0 Å². The molecule has 1 aromatic heterocycles. The van der Waals surface area contributed by atoms with Crippen LogP contribution in [0.25, 0.3) is 11.5 Å². The predicted molar refractivity (Wildman–Crippen MR) is 115 cm³/mol. The van der Waals surface area contributed by atoms with Gasteiger partial charge in [0.25, 0.3) is 0 Å². The van der Waals surface area contributed by atoms with Crippen molar-refractivity contribution in [3.05, 3.63) is 42.3 Å². The van der Waals surface area contributed by atoms with Gasteiger partial charge in [0.1, 0.15) is 12.0 Å². The normalized spacial score (nSPS) is 16.4. The highest BCUT2D eigenvalue weighted by Gasteiger charge is 2.29. The van der Waals surface area contributed by atoms with Gasteiger partial charge < -0.3 is 24.9 Å². The molecule has 7 nitrogen and oxygen atoms in total. The third-order valence-electron chi connectivity index (χ3n) is 4.32. The van der Waals surface area contributed by atoms with Gasteiger partial charge in [-0.2, -0.15) is 0 Å². The first-order chi connectivity index (χ1) is 12.7. The SMILES string of the molecule is CCNC(=NCc1coc(-c2ccccc2)n1)NCC1(O)CCOCC1.I. The van der Waals surface area contributed by atoms with E-state index in [1.165, 1.54) is 0 Å². The maximum absolute atomic E-state index is 10.6. The molecule has 148 valence electrons. The molecule has 0 saturated carbocycles. The van der Waals surface area contributed by atoms with Gasteiger partial charge in [-0.25, -0.2) is 9.98 Å². The van der Waals surface area contributed by atoms with Crippen LogP contribution in [0.3, 0.4) is 0 Å². The number of halogens is 1. The van der Waals surface area contributed by atoms with Gasteiger partial charge in [-0.05, 0) is 19.1 Å². The van der Waals surface area contributed by atoms with Gasteiger partial charge in [-0.1, -0.05) is 18.2 Å². The van der Waals surface area contributed by atoms with Gasteiger partial charge in [0.05, 0.1) is 12.1 Å². The number of aliphatic imine (C=N–C) groups is 1. The van der Waals surface area contributed by atoms with Crippen molar-refractivity contribution in [1.82, 2.24) is 15.6 Å². The molecule has 3 rings (SSSR count). The van der Waals surface area contributed by atoms with Crippen LogP contribution >= 0.6 is 24.0 Å². The van der Waals surface area contributed by atoms with Crippen LogP contribution < -0.4 is 10.6 Å². The van der Waals surface area contributed by atoms with Gasteiger partial charge in [-0.15, -0.1) is 24.0 Å². The lowest BCUT2D eigenvalue weighted by atomic mass is 9.94. The van der Waals surface area contributed by atoms with Crippen molar-refractivity contribution in [3.63, 3.8) is 0 Å². The number of nitrogens with one attached hydrogen (secondary N) is 2. The van der Waals surface area contributed by atoms with Crippen LogP contribution in [0.5, 0.6) is 0 Å². The van der Waals surface area contributed by atoms with Crippen molar-refractivity contribution in [3.8, 4) is 11.5 Å². The first kappa shape index (κ1) is 21.6. The molecular weight excluding hydrogens is 459 g/mol. The minimum Gasteiger partial charge on any atom is -0.444 e. The fraction of sp³-hybridized carbons (Fsp3) is 0.474. The summed E-state index contributed by atoms with van der Waals surface area (Å²) >= 11 is 0. The quantitative estimate of drug-likeness (QED) is 0.330. The van der Waals surface area contributed by atoms with Crippen LogP contribution in [0.4, 0.5) is 0 Å². The molecule has 1 saturated heterocycles. The summed E-state index contributed by atoms with van der Waals surface area (Å²) in [6, 6.07) is 9.77. The Morgan fingerprint density at radius 2 is 1.96 bits per heavy atom. The fourth-order valence-electron chi connectivity index (χ4n) is 2.77. The van der Waals surface area contributed by atoms with E-state index in [-0.39, 0.29) is 24.0 Å². The molecule has 0 bridgehead atoms. The van der Waals surface area contributed by atoms with Crippen molar-refractivity contribution >= 4 is 29.9 Å². The number of ether oxygens (including phenoxy) is 1. The number of guanidine groups is 1. The molecule has 0 aliphatic carbocycles. The minimum atomic E-state index is -0.747. The molecular formula is C19H27IN4O3. The third-order valence-corrected chi connectivity index (χ3v) is 4.32. The maximum Gasteiger partial charge on any atom is 0.226 e. The number of benzene rings is 1. The molecule has 2 aromatic rings. The number of nitrogens with zero attached hydrogens (tertiary/aromatic N) is 2. The predicted octanol–water partition coefficient (Wildman–Crippen LogP) is 2.56. The smallest absolute Gasteiger partial charge is 0.226 e. The Morgan fingerprint density at radius 3 is 2.67 bits per heavy atom. The third kappa shape index (κ3) is 6.47. The van der Waals surface area contributed by atoms with E-state index >= 15 is 0 Å². The largest absolute Gasteiger partial charge is 0.444 e. The van der Waals surface area contributed by atoms with Crippen LogP contribution in [0.15, 0.2) is 46.0 Å². The molecule has 1 aliphatic heterocycles. The summed E-state index contributed by atoms with van der Waals surface area (Å²) in [6.07, 6.45) is 2.88. The molecule has 1 fully saturated rings. The number of aliphatic hydroxyl groups is 1. The Kier molecular flexibility index (Phi) is 8.52. The summed E-state index contributed by atoms with van der Waals surface area (Å²) in [5.41, 5.74) is 0.948. The molecule has 0 spiro atoms. The monoisotopic (exact) mass is 486 g/mol. The van der Waals surface area contributed by atoms with Crippen LogP contribution in [-0.2, 0) is 11.3 Å². The number of rotatable bonds is 6. The maximum atomic E-state index is 10.6. The summed E-state index contributed by atoms with van der Waals surface area (Å²) in [4.78, 5) is 9.02. The lowest BCUT2D eigenvalue weighted by Crippen LogP contribution is -2.49.